The van der Waals surface area contributed by atoms with E-state index in [1.165, 1.54) is 46.5 Å². The Kier molecular flexibility index (Phi) is 4.30. The standard InChI is InChI=1S/C2HClF2Xe/c3-1(6)2(4)5/h6H. The Labute approximate surface area is 71.2 Å². The predicted octanol–water partition coefficient (Wildman–Crippen LogP) is 1.57. The molecule has 0 fully saturated rings. The van der Waals surface area contributed by atoms with Gasteiger partial charge in [-0.2, -0.15) is 0 Å². The Hall–Kier alpha value is 1.46. The second-order valence-electron chi connectivity index (χ2n) is 0.521. The second-order valence-corrected chi connectivity index (χ2v) is 2.62. The minimum atomic E-state index is -1.82. The molecule has 0 aliphatic carbocycles. The van der Waals surface area contributed by atoms with Crippen LogP contribution in [0.25, 0.3) is 0 Å². The molecule has 0 aromatic carbocycles. The Morgan fingerprint density at radius 1 is 1.50 bits per heavy atom. The Morgan fingerprint density at radius 3 is 1.67 bits per heavy atom. The first-order valence-corrected chi connectivity index (χ1v) is 2.46. The number of halogens is 3. The molecule has 0 saturated carbocycles. The SMILES string of the molecule is FC(F)=C(Cl)[XeH]. The van der Waals surface area contributed by atoms with Crippen LogP contribution in [0, 0.1) is 46.5 Å². The van der Waals surface area contributed by atoms with Gasteiger partial charge in [-0.15, -0.1) is 0 Å². The van der Waals surface area contributed by atoms with Gasteiger partial charge in [-0.1, -0.05) is 0 Å². The van der Waals surface area contributed by atoms with E-state index in [4.69, 9.17) is 11.6 Å². The molecule has 0 aromatic rings. The van der Waals surface area contributed by atoms with Crippen molar-refractivity contribution < 1.29 is 55.3 Å². The van der Waals surface area contributed by atoms with E-state index in [0.717, 1.165) is 0 Å². The molecule has 0 aliphatic heterocycles. The fraction of sp³-hybridized carbons (Fsp3) is 0. The van der Waals surface area contributed by atoms with E-state index in [0.29, 0.717) is 0 Å². The van der Waals surface area contributed by atoms with E-state index in [9.17, 15) is 8.78 Å². The van der Waals surface area contributed by atoms with E-state index in [-0.39, 0.29) is 0 Å². The average molecular weight is 230 g/mol. The van der Waals surface area contributed by atoms with Crippen LogP contribution in [0.1, 0.15) is 0 Å². The molecule has 0 radical (unpaired) electrons. The molecule has 0 aromatic heterocycles. The maximum atomic E-state index is 10.9. The van der Waals surface area contributed by atoms with Gasteiger partial charge < -0.3 is 0 Å². The van der Waals surface area contributed by atoms with Crippen LogP contribution in [0.5, 0.6) is 0 Å². The summed E-state index contributed by atoms with van der Waals surface area (Å²) in [7, 11) is 0. The van der Waals surface area contributed by atoms with Crippen LogP contribution in [0.3, 0.4) is 0 Å². The van der Waals surface area contributed by atoms with Crippen LogP contribution in [-0.2, 0) is 0 Å². The Balaban J connectivity index is 3.68. The molecule has 4 heteroatoms. The molecule has 0 N–H and O–H groups in total. The Morgan fingerprint density at radius 2 is 1.67 bits per heavy atom. The molecule has 38 valence electrons. The summed E-state index contributed by atoms with van der Waals surface area (Å²) >= 11 is 6.06. The molecule has 6 heavy (non-hydrogen) atoms. The first-order chi connectivity index (χ1) is 2.64. The van der Waals surface area contributed by atoms with Gasteiger partial charge in [0.15, 0.2) is 0 Å². The summed E-state index contributed by atoms with van der Waals surface area (Å²) in [5.41, 5.74) is 0. The molecule has 0 unspecified atom stereocenters. The number of rotatable bonds is 0. The summed E-state index contributed by atoms with van der Waals surface area (Å²) < 4.78 is 21.3. The van der Waals surface area contributed by atoms with Crippen molar-refractivity contribution in [2.45, 2.75) is 0 Å². The average Bonchev–Trinajstić information content (AvgIpc) is 1.36. The van der Waals surface area contributed by atoms with Crippen LogP contribution in [0.2, 0.25) is 0 Å². The molecular weight excluding hydrogens is 229 g/mol. The molecule has 0 spiro atoms. The van der Waals surface area contributed by atoms with E-state index in [1.54, 1.807) is 0 Å². The van der Waals surface area contributed by atoms with Gasteiger partial charge in [0.25, 0.3) is 0 Å². The number of hydrogen-bond donors (Lipinski definition) is 0. The third kappa shape index (κ3) is 3.64. The normalized spacial score (nSPS) is 8.17. The van der Waals surface area contributed by atoms with Crippen molar-refractivity contribution in [3.05, 3.63) is 5.58 Å². The molecule has 0 bridgehead atoms. The van der Waals surface area contributed by atoms with Crippen LogP contribution >= 0.6 is 11.6 Å². The van der Waals surface area contributed by atoms with Gasteiger partial charge >= 0.3 is 72.5 Å². The molecule has 0 saturated heterocycles. The molecule has 0 atom stereocenters. The van der Waals surface area contributed by atoms with E-state index in [2.05, 4.69) is 0 Å². The van der Waals surface area contributed by atoms with Crippen molar-refractivity contribution >= 4 is 11.6 Å². The summed E-state index contributed by atoms with van der Waals surface area (Å²) in [6, 6.07) is 0. The van der Waals surface area contributed by atoms with E-state index in [1.807, 2.05) is 0 Å². The summed E-state index contributed by atoms with van der Waals surface area (Å²) in [5, 5.41) is 0. The quantitative estimate of drug-likeness (QED) is 0.592. The number of hydrogen-bond acceptors (Lipinski definition) is 0. The topological polar surface area (TPSA) is 0 Å². The molecule has 0 aliphatic rings. The van der Waals surface area contributed by atoms with Crippen LogP contribution in [0.15, 0.2) is 5.58 Å². The Bertz CT molecular complexity index is 61.6. The van der Waals surface area contributed by atoms with Crippen molar-refractivity contribution in [2.24, 2.45) is 0 Å². The van der Waals surface area contributed by atoms with Crippen LogP contribution in [0.4, 0.5) is 8.78 Å². The van der Waals surface area contributed by atoms with Gasteiger partial charge in [0.1, 0.15) is 0 Å². The fourth-order valence-electron chi connectivity index (χ4n) is 0. The van der Waals surface area contributed by atoms with E-state index < -0.39 is 5.58 Å². The van der Waals surface area contributed by atoms with Gasteiger partial charge in [0, 0.05) is 0 Å². The molecular formula is C2HClF2Xe. The predicted molar refractivity (Wildman–Crippen MR) is 16.5 cm³/mol. The van der Waals surface area contributed by atoms with E-state index >= 15 is 0 Å². The van der Waals surface area contributed by atoms with Gasteiger partial charge in [-0.3, -0.25) is 0 Å². The molecule has 0 heterocycles. The van der Waals surface area contributed by atoms with Gasteiger partial charge in [-0.25, -0.2) is 0 Å². The van der Waals surface area contributed by atoms with Crippen molar-refractivity contribution in [1.29, 1.82) is 0 Å². The van der Waals surface area contributed by atoms with Crippen molar-refractivity contribution in [1.82, 2.24) is 0 Å². The summed E-state index contributed by atoms with van der Waals surface area (Å²) in [6.45, 7) is 0. The molecule has 0 amide bonds. The monoisotopic (exact) mass is 230 g/mol. The third-order valence-electron chi connectivity index (χ3n) is 0.143. The summed E-state index contributed by atoms with van der Waals surface area (Å²) in [4.78, 5) is 0. The summed E-state index contributed by atoms with van der Waals surface area (Å²) in [6.07, 6.45) is -1.82. The van der Waals surface area contributed by atoms with Gasteiger partial charge in [0.05, 0.1) is 0 Å². The first-order valence-electron chi connectivity index (χ1n) is 1.01. The van der Waals surface area contributed by atoms with Crippen molar-refractivity contribution in [3.8, 4) is 0 Å². The van der Waals surface area contributed by atoms with Crippen LogP contribution < -0.4 is 0 Å². The zero-order chi connectivity index (χ0) is 5.15. The zero-order valence-corrected chi connectivity index (χ0v) is 5.43. The van der Waals surface area contributed by atoms with Gasteiger partial charge in [0.2, 0.25) is 0 Å². The second kappa shape index (κ2) is 3.46. The summed E-state index contributed by atoms with van der Waals surface area (Å²) in [5.74, 6) is 0. The molecule has 0 nitrogen and oxygen atoms in total. The first kappa shape index (κ1) is 7.46. The molecule has 0 rings (SSSR count). The van der Waals surface area contributed by atoms with Gasteiger partial charge in [-0.05, 0) is 0 Å². The maximum absolute atomic E-state index is 10.9. The minimum absolute atomic E-state index is 0.465. The zero-order valence-electron chi connectivity index (χ0n) is 2.51. The van der Waals surface area contributed by atoms with Crippen molar-refractivity contribution in [3.63, 3.8) is 0 Å². The fourth-order valence-corrected chi connectivity index (χ4v) is 0. The third-order valence-corrected chi connectivity index (χ3v) is 0.693. The van der Waals surface area contributed by atoms with Crippen molar-refractivity contribution in [2.75, 3.05) is 0 Å². The van der Waals surface area contributed by atoms with Crippen LogP contribution in [-0.4, -0.2) is 0 Å².